The lowest BCUT2D eigenvalue weighted by Gasteiger charge is -2.25. The fourth-order valence-corrected chi connectivity index (χ4v) is 7.14. The van der Waals surface area contributed by atoms with E-state index >= 15 is 8.78 Å². The number of anilines is 1. The summed E-state index contributed by atoms with van der Waals surface area (Å²) in [6, 6.07) is 0.926. The van der Waals surface area contributed by atoms with Crippen molar-refractivity contribution in [2.45, 2.75) is 49.2 Å². The Morgan fingerprint density at radius 3 is 2.50 bits per heavy atom. The largest absolute Gasteiger partial charge is 0.472 e. The lowest BCUT2D eigenvalue weighted by molar-refractivity contribution is -0.0640. The molecule has 10 atom stereocenters. The maximum atomic E-state index is 15.6. The first kappa shape index (κ1) is 29.5. The first-order valence-corrected chi connectivity index (χ1v) is 16.2. The molecule has 42 heavy (non-hydrogen) atoms. The number of phosphoric acid groups is 1. The molecule has 6 heterocycles. The molecule has 0 aromatic carbocycles. The van der Waals surface area contributed by atoms with E-state index in [0.29, 0.717) is 4.57 Å². The summed E-state index contributed by atoms with van der Waals surface area (Å²) in [7, 11) is -5.17. The zero-order chi connectivity index (χ0) is 30.0. The van der Waals surface area contributed by atoms with Gasteiger partial charge in [0.15, 0.2) is 36.3 Å². The Morgan fingerprint density at radius 1 is 1.00 bits per heavy atom. The number of phosphoric ester groups is 1. The summed E-state index contributed by atoms with van der Waals surface area (Å²) in [6.07, 6.45) is -11.3. The smallest absolute Gasteiger partial charge is 0.382 e. The molecule has 3 saturated heterocycles. The summed E-state index contributed by atoms with van der Waals surface area (Å²) in [4.78, 5) is 48.0. The van der Waals surface area contributed by atoms with Crippen molar-refractivity contribution in [3.8, 4) is 0 Å². The molecule has 3 aliphatic heterocycles. The molecule has 2 bridgehead atoms. The average Bonchev–Trinajstić information content (AvgIpc) is 3.57. The van der Waals surface area contributed by atoms with Crippen LogP contribution in [0, 0.1) is 0 Å². The Morgan fingerprint density at radius 2 is 1.74 bits per heavy atom. The second-order valence-electron chi connectivity index (χ2n) is 9.29. The third-order valence-corrected chi connectivity index (χ3v) is 9.23. The number of imidazole rings is 1. The predicted molar refractivity (Wildman–Crippen MR) is 137 cm³/mol. The Balaban J connectivity index is 1.32. The number of hydrogen-bond acceptors (Lipinski definition) is 14. The van der Waals surface area contributed by atoms with Gasteiger partial charge in [-0.2, -0.15) is 0 Å². The van der Waals surface area contributed by atoms with Crippen LogP contribution >= 0.6 is 26.9 Å². The van der Waals surface area contributed by atoms with E-state index in [1.807, 2.05) is 4.98 Å². The first-order chi connectivity index (χ1) is 19.8. The number of nitrogens with zero attached hydrogens (tertiary/aromatic N) is 5. The molecule has 3 aliphatic rings. The Hall–Kier alpha value is -2.58. The normalized spacial score (nSPS) is 39.3. The molecule has 0 amide bonds. The third-order valence-electron chi connectivity index (χ3n) is 6.63. The van der Waals surface area contributed by atoms with Crippen LogP contribution in [-0.2, 0) is 36.7 Å². The number of aromatic amines is 1. The zero-order valence-corrected chi connectivity index (χ0v) is 23.5. The van der Waals surface area contributed by atoms with Gasteiger partial charge in [0.2, 0.25) is 0 Å². The number of nitrogens with one attached hydrogen (secondary N) is 1. The quantitative estimate of drug-likeness (QED) is 0.216. The van der Waals surface area contributed by atoms with E-state index in [0.717, 1.165) is 18.6 Å². The van der Waals surface area contributed by atoms with E-state index < -0.39 is 88.3 Å². The van der Waals surface area contributed by atoms with Gasteiger partial charge in [-0.25, -0.2) is 37.7 Å². The molecular formula is C19H21F2N7O11P2S. The topological polar surface area (TPSA) is 234 Å². The van der Waals surface area contributed by atoms with Gasteiger partial charge in [-0.05, 0) is 0 Å². The van der Waals surface area contributed by atoms with Crippen molar-refractivity contribution in [1.29, 1.82) is 0 Å². The van der Waals surface area contributed by atoms with Gasteiger partial charge in [-0.3, -0.25) is 37.0 Å². The monoisotopic (exact) mass is 655 g/mol. The van der Waals surface area contributed by atoms with Gasteiger partial charge < -0.3 is 20.1 Å². The molecule has 3 fully saturated rings. The molecule has 23 heteroatoms. The van der Waals surface area contributed by atoms with Gasteiger partial charge in [-0.15, -0.1) is 0 Å². The highest BCUT2D eigenvalue weighted by atomic mass is 32.7. The van der Waals surface area contributed by atoms with Crippen molar-refractivity contribution in [3.63, 3.8) is 0 Å². The molecule has 0 saturated carbocycles. The number of H-pyrrole nitrogens is 1. The molecule has 6 rings (SSSR count). The van der Waals surface area contributed by atoms with Gasteiger partial charge in [-0.1, -0.05) is 12.2 Å². The van der Waals surface area contributed by atoms with Crippen molar-refractivity contribution < 1.29 is 50.4 Å². The minimum absolute atomic E-state index is 0.00271. The second-order valence-corrected chi connectivity index (χ2v) is 13.6. The third kappa shape index (κ3) is 5.45. The fourth-order valence-electron chi connectivity index (χ4n) is 4.73. The number of hydrogen-bond donors (Lipinski definition) is 4. The maximum absolute atomic E-state index is 15.6. The molecule has 0 radical (unpaired) electrons. The molecule has 4 N–H and O–H groups in total. The number of nitrogens with two attached hydrogens (primary N) is 1. The molecule has 228 valence electrons. The molecule has 1 unspecified atom stereocenters. The second kappa shape index (κ2) is 10.8. The van der Waals surface area contributed by atoms with Crippen LogP contribution in [0.25, 0.3) is 11.2 Å². The number of ether oxygens (including phenoxy) is 2. The van der Waals surface area contributed by atoms with Crippen LogP contribution in [0.2, 0.25) is 0 Å². The van der Waals surface area contributed by atoms with Crippen molar-refractivity contribution >= 4 is 43.9 Å². The number of halogens is 2. The van der Waals surface area contributed by atoms with Crippen molar-refractivity contribution in [2.24, 2.45) is 0 Å². The highest BCUT2D eigenvalue weighted by Gasteiger charge is 2.54. The molecule has 18 nitrogen and oxygen atoms in total. The average molecular weight is 655 g/mol. The van der Waals surface area contributed by atoms with Crippen LogP contribution in [0.3, 0.4) is 0 Å². The molecule has 0 spiro atoms. The molecule has 0 aliphatic carbocycles. The highest BCUT2D eigenvalue weighted by Crippen LogP contribution is 2.58. The Kier molecular flexibility index (Phi) is 7.62. The highest BCUT2D eigenvalue weighted by molar-refractivity contribution is 8.44. The Labute approximate surface area is 237 Å². The van der Waals surface area contributed by atoms with E-state index in [4.69, 9.17) is 33.3 Å². The van der Waals surface area contributed by atoms with Crippen LogP contribution in [0.15, 0.2) is 34.5 Å². The maximum Gasteiger partial charge on any atom is 0.472 e. The van der Waals surface area contributed by atoms with E-state index in [9.17, 15) is 23.6 Å². The number of nitrogen functional groups attached to an aromatic ring is 1. The van der Waals surface area contributed by atoms with Crippen LogP contribution in [0.5, 0.6) is 0 Å². The van der Waals surface area contributed by atoms with Gasteiger partial charge in [0.05, 0.1) is 19.5 Å². The van der Waals surface area contributed by atoms with E-state index in [2.05, 4.69) is 27.2 Å². The van der Waals surface area contributed by atoms with Gasteiger partial charge in [0, 0.05) is 12.3 Å². The SMILES string of the molecule is Nc1ncnc2c1ncn2[C@@H]1O[C@@H]2CO[P@](=O)(S)O[C@H]3[C@@H](F)[C@H](n4ccc(=O)[nH]c4=O)O[C@@H]3COP(=O)(O)O[C@@H]1[C@@H]2F. The predicted octanol–water partition coefficient (Wildman–Crippen LogP) is 0.385. The van der Waals surface area contributed by atoms with Crippen molar-refractivity contribution in [3.05, 3.63) is 45.8 Å². The summed E-state index contributed by atoms with van der Waals surface area (Å²) >= 11 is 3.85. The molecular weight excluding hydrogens is 634 g/mol. The van der Waals surface area contributed by atoms with Gasteiger partial charge in [0.1, 0.15) is 36.3 Å². The van der Waals surface area contributed by atoms with E-state index in [1.165, 1.54) is 10.9 Å². The summed E-state index contributed by atoms with van der Waals surface area (Å²) in [6.45, 7) is -6.24. The number of fused-ring (bicyclic) bond motifs is 4. The summed E-state index contributed by atoms with van der Waals surface area (Å²) < 4.78 is 91.0. The number of alkyl halides is 2. The first-order valence-electron chi connectivity index (χ1n) is 12.0. The number of rotatable bonds is 2. The minimum atomic E-state index is -5.17. The fraction of sp³-hybridized carbons (Fsp3) is 0.526. The summed E-state index contributed by atoms with van der Waals surface area (Å²) in [5.74, 6) is -0.00271. The lowest BCUT2D eigenvalue weighted by Crippen LogP contribution is -2.36. The number of thiol groups is 1. The summed E-state index contributed by atoms with van der Waals surface area (Å²) in [5, 5.41) is 0. The van der Waals surface area contributed by atoms with Gasteiger partial charge in [0.25, 0.3) is 5.56 Å². The molecule has 3 aromatic rings. The van der Waals surface area contributed by atoms with E-state index in [1.54, 1.807) is 0 Å². The minimum Gasteiger partial charge on any atom is -0.382 e. The zero-order valence-electron chi connectivity index (χ0n) is 20.8. The van der Waals surface area contributed by atoms with Crippen molar-refractivity contribution in [1.82, 2.24) is 29.1 Å². The van der Waals surface area contributed by atoms with Crippen molar-refractivity contribution in [2.75, 3.05) is 18.9 Å². The Bertz CT molecular complexity index is 1730. The van der Waals surface area contributed by atoms with Gasteiger partial charge >= 0.3 is 20.3 Å². The molecule has 3 aromatic heterocycles. The van der Waals surface area contributed by atoms with Crippen LogP contribution in [0.4, 0.5) is 14.6 Å². The summed E-state index contributed by atoms with van der Waals surface area (Å²) in [5.41, 5.74) is 4.20. The van der Waals surface area contributed by atoms with E-state index in [-0.39, 0.29) is 17.0 Å². The van der Waals surface area contributed by atoms with Crippen LogP contribution in [-0.4, -0.2) is 83.9 Å². The van der Waals surface area contributed by atoms with Crippen LogP contribution < -0.4 is 17.0 Å². The standard InChI is InChI=1S/C19H21F2N7O11P2S/c20-10-7-3-35-41(33,42)39-13-8(37-17(11(13)21)27-2-1-9(29)26-19(27)30)4-34-40(31,32)38-14(10)18(36-7)28-6-25-12-15(22)23-5-24-16(12)28/h1-2,5-8,10-11,13-14,17-18H,3-4H2,(H,31,32)(H,33,42)(H2,22,23,24)(H,26,29,30)/t7-,8-,10-,11-,13-,14-,17-,18-,41+/m1/s1. The number of aromatic nitrogens is 6. The van der Waals surface area contributed by atoms with Crippen LogP contribution in [0.1, 0.15) is 12.5 Å². The lowest BCUT2D eigenvalue weighted by atomic mass is 10.1.